The normalized spacial score (nSPS) is 14.3. The van der Waals surface area contributed by atoms with Gasteiger partial charge >= 0.3 is 0 Å². The predicted molar refractivity (Wildman–Crippen MR) is 222 cm³/mol. The number of allylic oxidation sites excluding steroid dienone is 7. The highest BCUT2D eigenvalue weighted by Gasteiger charge is 2.27. The lowest BCUT2D eigenvalue weighted by molar-refractivity contribution is -0.130. The van der Waals surface area contributed by atoms with E-state index in [1.165, 1.54) is 115 Å². The Morgan fingerprint density at radius 2 is 0.923 bits per heavy atom. The van der Waals surface area contributed by atoms with E-state index in [2.05, 4.69) is 55.6 Å². The standard InChI is InChI=1S/C44H81NO6S/c1-3-5-7-9-11-13-15-17-19-21-22-23-25-26-28-30-32-34-36-38-42(46)41(40-52(49,50)51)45-44(48)43(47)39-37-35-33-31-29-27-24-20-18-16-14-12-10-8-6-4-2/h12,14,18,20,28,30,36,38,41-43,46-47H,3-11,13,15-17,19,21-27,29,31-35,37,39-40H2,1-2H3,(H,45,48)(H,49,50,51)/b14-12-,20-18-,30-28+,38-36+. The molecule has 0 rings (SSSR count). The molecule has 0 heterocycles. The second kappa shape index (κ2) is 37.6. The van der Waals surface area contributed by atoms with Gasteiger partial charge in [0, 0.05) is 0 Å². The number of nitrogens with one attached hydrogen (secondary N) is 1. The van der Waals surface area contributed by atoms with Gasteiger partial charge in [-0.2, -0.15) is 8.42 Å². The Labute approximate surface area is 321 Å². The van der Waals surface area contributed by atoms with Crippen molar-refractivity contribution in [3.8, 4) is 0 Å². The van der Waals surface area contributed by atoms with Crippen LogP contribution in [0, 0.1) is 0 Å². The molecule has 0 bridgehead atoms. The Kier molecular flexibility index (Phi) is 36.3. The zero-order valence-electron chi connectivity index (χ0n) is 33.5. The smallest absolute Gasteiger partial charge is 0.267 e. The summed E-state index contributed by atoms with van der Waals surface area (Å²) in [5.41, 5.74) is 0. The van der Waals surface area contributed by atoms with Gasteiger partial charge in [-0.05, 0) is 64.2 Å². The van der Waals surface area contributed by atoms with Crippen LogP contribution in [0.5, 0.6) is 0 Å². The Hall–Kier alpha value is -1.74. The molecule has 304 valence electrons. The molecule has 0 spiro atoms. The third kappa shape index (κ3) is 36.6. The van der Waals surface area contributed by atoms with Crippen molar-refractivity contribution < 1.29 is 28.0 Å². The number of unbranched alkanes of at least 4 members (excludes halogenated alkanes) is 23. The number of amides is 1. The third-order valence-electron chi connectivity index (χ3n) is 9.59. The van der Waals surface area contributed by atoms with Crippen LogP contribution in [0.1, 0.15) is 200 Å². The lowest BCUT2D eigenvalue weighted by atomic mass is 10.0. The van der Waals surface area contributed by atoms with Gasteiger partial charge in [-0.1, -0.05) is 184 Å². The quantitative estimate of drug-likeness (QED) is 0.0283. The maximum absolute atomic E-state index is 12.6. The zero-order valence-corrected chi connectivity index (χ0v) is 34.4. The largest absolute Gasteiger partial charge is 0.387 e. The van der Waals surface area contributed by atoms with E-state index in [1.807, 2.05) is 0 Å². The maximum Gasteiger partial charge on any atom is 0.267 e. The summed E-state index contributed by atoms with van der Waals surface area (Å²) in [5.74, 6) is -1.57. The van der Waals surface area contributed by atoms with E-state index < -0.39 is 40.0 Å². The lowest BCUT2D eigenvalue weighted by Gasteiger charge is -2.22. The Morgan fingerprint density at radius 3 is 1.42 bits per heavy atom. The molecule has 0 aliphatic carbocycles. The van der Waals surface area contributed by atoms with Crippen LogP contribution in [0.2, 0.25) is 0 Å². The van der Waals surface area contributed by atoms with E-state index in [0.717, 1.165) is 57.8 Å². The molecule has 0 aliphatic rings. The fourth-order valence-corrected chi connectivity index (χ4v) is 7.00. The van der Waals surface area contributed by atoms with Gasteiger partial charge in [0.2, 0.25) is 5.91 Å². The van der Waals surface area contributed by atoms with Crippen molar-refractivity contribution in [3.05, 3.63) is 48.6 Å². The molecule has 8 heteroatoms. The van der Waals surface area contributed by atoms with Crippen LogP contribution >= 0.6 is 0 Å². The Balaban J connectivity index is 4.09. The van der Waals surface area contributed by atoms with Crippen molar-refractivity contribution in [2.24, 2.45) is 0 Å². The third-order valence-corrected chi connectivity index (χ3v) is 10.4. The molecule has 3 unspecified atom stereocenters. The van der Waals surface area contributed by atoms with Crippen molar-refractivity contribution in [1.29, 1.82) is 0 Å². The fraction of sp³-hybridized carbons (Fsp3) is 0.795. The summed E-state index contributed by atoms with van der Waals surface area (Å²) < 4.78 is 32.5. The highest BCUT2D eigenvalue weighted by atomic mass is 32.2. The molecular weight excluding hydrogens is 671 g/mol. The van der Waals surface area contributed by atoms with Gasteiger partial charge in [-0.3, -0.25) is 9.35 Å². The molecule has 52 heavy (non-hydrogen) atoms. The summed E-state index contributed by atoms with van der Waals surface area (Å²) in [6.45, 7) is 4.49. The Morgan fingerprint density at radius 1 is 0.538 bits per heavy atom. The summed E-state index contributed by atoms with van der Waals surface area (Å²) in [5, 5.41) is 23.4. The lowest BCUT2D eigenvalue weighted by Crippen LogP contribution is -2.50. The van der Waals surface area contributed by atoms with Gasteiger partial charge in [0.15, 0.2) is 0 Å². The second-order valence-corrected chi connectivity index (χ2v) is 16.2. The van der Waals surface area contributed by atoms with E-state index in [1.54, 1.807) is 6.08 Å². The summed E-state index contributed by atoms with van der Waals surface area (Å²) in [4.78, 5) is 12.6. The second-order valence-electron chi connectivity index (χ2n) is 14.8. The van der Waals surface area contributed by atoms with Crippen molar-refractivity contribution in [3.63, 3.8) is 0 Å². The van der Waals surface area contributed by atoms with Crippen LogP contribution in [-0.4, -0.2) is 53.1 Å². The molecular formula is C44H81NO6S. The van der Waals surface area contributed by atoms with Crippen LogP contribution in [0.25, 0.3) is 0 Å². The molecule has 0 radical (unpaired) electrons. The van der Waals surface area contributed by atoms with E-state index in [0.29, 0.717) is 12.8 Å². The number of carbonyl (C=O) groups excluding carboxylic acids is 1. The van der Waals surface area contributed by atoms with Gasteiger partial charge < -0.3 is 15.5 Å². The van der Waals surface area contributed by atoms with Crippen LogP contribution in [-0.2, 0) is 14.9 Å². The summed E-state index contributed by atoms with van der Waals surface area (Å²) in [6, 6.07) is -1.25. The molecule has 7 nitrogen and oxygen atoms in total. The number of aliphatic hydroxyl groups is 2. The number of rotatable bonds is 38. The van der Waals surface area contributed by atoms with Gasteiger partial charge in [-0.25, -0.2) is 0 Å². The number of hydrogen-bond acceptors (Lipinski definition) is 5. The van der Waals surface area contributed by atoms with Crippen molar-refractivity contribution in [2.75, 3.05) is 5.75 Å². The summed E-state index contributed by atoms with van der Waals surface area (Å²) in [6.07, 6.45) is 47.4. The topological polar surface area (TPSA) is 124 Å². The van der Waals surface area contributed by atoms with Crippen LogP contribution in [0.4, 0.5) is 0 Å². The highest BCUT2D eigenvalue weighted by Crippen LogP contribution is 2.14. The molecule has 4 N–H and O–H groups in total. The maximum atomic E-state index is 12.6. The van der Waals surface area contributed by atoms with E-state index >= 15 is 0 Å². The molecule has 1 amide bonds. The summed E-state index contributed by atoms with van der Waals surface area (Å²) >= 11 is 0. The SMILES string of the molecule is CCCCC/C=C\C/C=C\CCCCCCCCC(O)C(=O)NC(CS(=O)(=O)O)C(O)/C=C/CC/C=C/CCCCCCCCCCCCCCC. The first-order valence-electron chi connectivity index (χ1n) is 21.4. The average Bonchev–Trinajstić information content (AvgIpc) is 3.11. The molecule has 3 atom stereocenters. The first-order chi connectivity index (χ1) is 25.2. The van der Waals surface area contributed by atoms with Gasteiger partial charge in [0.1, 0.15) is 6.10 Å². The molecule has 0 saturated carbocycles. The first-order valence-corrected chi connectivity index (χ1v) is 23.1. The van der Waals surface area contributed by atoms with E-state index in [-0.39, 0.29) is 6.42 Å². The first kappa shape index (κ1) is 50.3. The average molecular weight is 752 g/mol. The number of carbonyl (C=O) groups is 1. The van der Waals surface area contributed by atoms with Gasteiger partial charge in [0.05, 0.1) is 17.9 Å². The zero-order chi connectivity index (χ0) is 38.4. The highest BCUT2D eigenvalue weighted by molar-refractivity contribution is 7.85. The van der Waals surface area contributed by atoms with Crippen LogP contribution in [0.15, 0.2) is 48.6 Å². The van der Waals surface area contributed by atoms with Crippen molar-refractivity contribution >= 4 is 16.0 Å². The summed E-state index contributed by atoms with van der Waals surface area (Å²) in [7, 11) is -4.46. The van der Waals surface area contributed by atoms with E-state index in [4.69, 9.17) is 0 Å². The molecule has 0 aromatic heterocycles. The van der Waals surface area contributed by atoms with Crippen LogP contribution in [0.3, 0.4) is 0 Å². The van der Waals surface area contributed by atoms with E-state index in [9.17, 15) is 28.0 Å². The molecule has 0 saturated heterocycles. The molecule has 0 fully saturated rings. The predicted octanol–water partition coefficient (Wildman–Crippen LogP) is 11.7. The van der Waals surface area contributed by atoms with Crippen molar-refractivity contribution in [1.82, 2.24) is 5.32 Å². The molecule has 0 aromatic rings. The number of hydrogen-bond donors (Lipinski definition) is 4. The molecule has 0 aliphatic heterocycles. The monoisotopic (exact) mass is 752 g/mol. The minimum absolute atomic E-state index is 0.261. The number of aliphatic hydroxyl groups excluding tert-OH is 2. The molecule has 0 aromatic carbocycles. The van der Waals surface area contributed by atoms with Gasteiger partial charge in [0.25, 0.3) is 10.1 Å². The van der Waals surface area contributed by atoms with Crippen LogP contribution < -0.4 is 5.32 Å². The fourth-order valence-electron chi connectivity index (χ4n) is 6.27. The Bertz CT molecular complexity index is 1020. The minimum atomic E-state index is -4.46. The van der Waals surface area contributed by atoms with Crippen molar-refractivity contribution in [2.45, 2.75) is 218 Å². The minimum Gasteiger partial charge on any atom is -0.387 e. The van der Waals surface area contributed by atoms with Gasteiger partial charge in [-0.15, -0.1) is 0 Å².